The summed E-state index contributed by atoms with van der Waals surface area (Å²) in [6.45, 7) is 5.13. The molecule has 3 aliphatic carbocycles. The van der Waals surface area contributed by atoms with Gasteiger partial charge in [0.1, 0.15) is 0 Å². The van der Waals surface area contributed by atoms with Crippen molar-refractivity contribution in [2.45, 2.75) is 25.1 Å². The van der Waals surface area contributed by atoms with Crippen molar-refractivity contribution in [2.75, 3.05) is 16.4 Å². The van der Waals surface area contributed by atoms with Crippen molar-refractivity contribution >= 4 is 56.9 Å². The van der Waals surface area contributed by atoms with Crippen molar-refractivity contribution < 1.29 is 28.7 Å². The second kappa shape index (κ2) is 8.20. The Balaban J connectivity index is 1.61. The number of carbonyl (C=O) groups is 5. The summed E-state index contributed by atoms with van der Waals surface area (Å²) in [4.78, 5) is 72.2. The number of alkyl halides is 1. The maximum Gasteiger partial charge on any atom is 0.334 e. The van der Waals surface area contributed by atoms with Crippen LogP contribution in [0.4, 0.5) is 11.4 Å². The molecular formula is C29H25BrN2O6. The first kappa shape index (κ1) is 24.7. The van der Waals surface area contributed by atoms with Gasteiger partial charge in [-0.15, -0.1) is 0 Å². The molecule has 2 bridgehead atoms. The van der Waals surface area contributed by atoms with Crippen molar-refractivity contribution in [1.82, 2.24) is 0 Å². The Hall–Kier alpha value is -3.59. The first-order valence-electron chi connectivity index (χ1n) is 12.5. The molecule has 0 radical (unpaired) electrons. The number of imide groups is 2. The maximum absolute atomic E-state index is 14.1. The number of ether oxygens (including phenoxy) is 1. The van der Waals surface area contributed by atoms with Crippen LogP contribution in [0.3, 0.4) is 0 Å². The van der Waals surface area contributed by atoms with E-state index in [0.717, 1.165) is 9.80 Å². The third kappa shape index (κ3) is 2.77. The van der Waals surface area contributed by atoms with Crippen molar-refractivity contribution in [2.24, 2.45) is 29.1 Å². The Morgan fingerprint density at radius 2 is 1.18 bits per heavy atom. The molecular weight excluding hydrogens is 552 g/mol. The molecule has 4 amide bonds. The first-order valence-corrected chi connectivity index (χ1v) is 13.3. The van der Waals surface area contributed by atoms with Crippen molar-refractivity contribution in [3.63, 3.8) is 0 Å². The van der Waals surface area contributed by atoms with Crippen LogP contribution >= 0.6 is 15.9 Å². The average Bonchev–Trinajstić information content (AvgIpc) is 3.34. The second-order valence-corrected chi connectivity index (χ2v) is 11.7. The van der Waals surface area contributed by atoms with Gasteiger partial charge in [0, 0.05) is 11.0 Å². The quantitative estimate of drug-likeness (QED) is 0.313. The van der Waals surface area contributed by atoms with Crippen LogP contribution in [0.2, 0.25) is 0 Å². The molecule has 7 rings (SSSR count). The summed E-state index contributed by atoms with van der Waals surface area (Å²) in [5.74, 6) is -6.66. The van der Waals surface area contributed by atoms with Gasteiger partial charge in [0.2, 0.25) is 23.6 Å². The van der Waals surface area contributed by atoms with Crippen LogP contribution in [0.1, 0.15) is 20.8 Å². The highest BCUT2D eigenvalue weighted by atomic mass is 79.9. The minimum Gasteiger partial charge on any atom is -0.463 e. The van der Waals surface area contributed by atoms with Crippen molar-refractivity contribution in [1.29, 1.82) is 0 Å². The van der Waals surface area contributed by atoms with E-state index in [1.54, 1.807) is 81.4 Å². The first-order chi connectivity index (χ1) is 18.1. The Bertz CT molecular complexity index is 1370. The SMILES string of the molecule is CCOC(=O)C1=C(C)C2(Br)[C@H]3C(=O)N(c4ccccc4)C(=O)[C@@H]3C1(C)[C@H]1C(=O)N(c3ccccc3)C(=O)[C@@H]12. The summed E-state index contributed by atoms with van der Waals surface area (Å²) in [5, 5.41) is 0. The van der Waals surface area contributed by atoms with Gasteiger partial charge in [-0.2, -0.15) is 0 Å². The van der Waals surface area contributed by atoms with Crippen molar-refractivity contribution in [3.8, 4) is 0 Å². The molecule has 194 valence electrons. The van der Waals surface area contributed by atoms with Gasteiger partial charge in [0.25, 0.3) is 0 Å². The highest BCUT2D eigenvalue weighted by Gasteiger charge is 2.81. The molecule has 0 spiro atoms. The summed E-state index contributed by atoms with van der Waals surface area (Å²) < 4.78 is 3.99. The average molecular weight is 577 g/mol. The second-order valence-electron chi connectivity index (χ2n) is 10.4. The molecule has 5 aliphatic rings. The molecule has 2 saturated heterocycles. The molecule has 38 heavy (non-hydrogen) atoms. The fourth-order valence-corrected chi connectivity index (χ4v) is 8.51. The Kier molecular flexibility index (Phi) is 5.34. The van der Waals surface area contributed by atoms with E-state index >= 15 is 0 Å². The van der Waals surface area contributed by atoms with E-state index in [1.165, 1.54) is 0 Å². The molecule has 2 aromatic rings. The van der Waals surface area contributed by atoms with E-state index < -0.39 is 63.0 Å². The molecule has 0 aromatic heterocycles. The molecule has 1 saturated carbocycles. The summed E-state index contributed by atoms with van der Waals surface area (Å²) in [6.07, 6.45) is 0. The largest absolute Gasteiger partial charge is 0.463 e. The van der Waals surface area contributed by atoms with Gasteiger partial charge >= 0.3 is 5.97 Å². The van der Waals surface area contributed by atoms with E-state index in [1.807, 2.05) is 0 Å². The number of allylic oxidation sites excluding steroid dienone is 1. The predicted octanol–water partition coefficient (Wildman–Crippen LogP) is 3.64. The zero-order valence-electron chi connectivity index (χ0n) is 21.0. The smallest absolute Gasteiger partial charge is 0.334 e. The van der Waals surface area contributed by atoms with Gasteiger partial charge in [-0.25, -0.2) is 14.6 Å². The number of para-hydroxylation sites is 2. The number of anilines is 2. The van der Waals surface area contributed by atoms with E-state index in [4.69, 9.17) is 4.74 Å². The molecule has 2 heterocycles. The molecule has 3 fully saturated rings. The fraction of sp³-hybridized carbons (Fsp3) is 0.345. The van der Waals surface area contributed by atoms with Crippen LogP contribution in [0.5, 0.6) is 0 Å². The highest BCUT2D eigenvalue weighted by molar-refractivity contribution is 9.10. The Morgan fingerprint density at radius 3 is 1.58 bits per heavy atom. The summed E-state index contributed by atoms with van der Waals surface area (Å²) in [7, 11) is 0. The minimum absolute atomic E-state index is 0.0925. The van der Waals surface area contributed by atoms with Crippen LogP contribution in [0.15, 0.2) is 71.8 Å². The van der Waals surface area contributed by atoms with Gasteiger partial charge < -0.3 is 4.74 Å². The van der Waals surface area contributed by atoms with Gasteiger partial charge in [-0.1, -0.05) is 59.3 Å². The fourth-order valence-electron chi connectivity index (χ4n) is 7.39. The number of hydrogen-bond donors (Lipinski definition) is 0. The summed E-state index contributed by atoms with van der Waals surface area (Å²) >= 11 is 3.77. The van der Waals surface area contributed by atoms with Gasteiger partial charge in [0.15, 0.2) is 0 Å². The molecule has 2 aromatic carbocycles. The third-order valence-corrected chi connectivity index (χ3v) is 10.4. The number of rotatable bonds is 4. The van der Waals surface area contributed by atoms with Crippen LogP contribution in [0.25, 0.3) is 0 Å². The number of amides is 4. The lowest BCUT2D eigenvalue weighted by Crippen LogP contribution is -2.67. The molecule has 2 aliphatic heterocycles. The Labute approximate surface area is 227 Å². The van der Waals surface area contributed by atoms with Gasteiger partial charge in [-0.3, -0.25) is 19.2 Å². The predicted molar refractivity (Wildman–Crippen MR) is 141 cm³/mol. The number of benzene rings is 2. The molecule has 0 unspecified atom stereocenters. The standard InChI is InChI=1S/C29H25BrN2O6/c1-4-38-27(37)18-15(2)29(30)21-19(23(33)31(25(21)35)16-11-7-5-8-12-16)28(18,3)20-22(29)26(36)32(24(20)34)17-13-9-6-10-14-17/h5-14,19-22H,4H2,1-3H3/t19-,20-,21-,22-,28?,29?/m1/s1. The topological polar surface area (TPSA) is 101 Å². The van der Waals surface area contributed by atoms with Crippen molar-refractivity contribution in [3.05, 3.63) is 71.8 Å². The zero-order chi connectivity index (χ0) is 27.1. The maximum atomic E-state index is 14.1. The van der Waals surface area contributed by atoms with Gasteiger partial charge in [-0.05, 0) is 43.7 Å². The number of hydrogen-bond acceptors (Lipinski definition) is 6. The van der Waals surface area contributed by atoms with E-state index in [0.29, 0.717) is 16.9 Å². The summed E-state index contributed by atoms with van der Waals surface area (Å²) in [6, 6.07) is 17.1. The zero-order valence-corrected chi connectivity index (χ0v) is 22.6. The van der Waals surface area contributed by atoms with Crippen LogP contribution in [-0.4, -0.2) is 40.5 Å². The molecule has 9 heteroatoms. The lowest BCUT2D eigenvalue weighted by molar-refractivity contribution is -0.152. The number of halogens is 1. The number of nitrogens with zero attached hydrogens (tertiary/aromatic N) is 2. The molecule has 4 atom stereocenters. The van der Waals surface area contributed by atoms with Crippen LogP contribution in [-0.2, 0) is 28.7 Å². The lowest BCUT2D eigenvalue weighted by atomic mass is 9.43. The lowest BCUT2D eigenvalue weighted by Gasteiger charge is -2.59. The normalized spacial score (nSPS) is 33.7. The van der Waals surface area contributed by atoms with Crippen LogP contribution < -0.4 is 9.80 Å². The third-order valence-electron chi connectivity index (χ3n) is 8.81. The van der Waals surface area contributed by atoms with Crippen LogP contribution in [0, 0.1) is 29.1 Å². The monoisotopic (exact) mass is 576 g/mol. The van der Waals surface area contributed by atoms with E-state index in [2.05, 4.69) is 15.9 Å². The number of carbonyl (C=O) groups excluding carboxylic acids is 5. The highest BCUT2D eigenvalue weighted by Crippen LogP contribution is 2.72. The van der Waals surface area contributed by atoms with E-state index in [9.17, 15) is 24.0 Å². The minimum atomic E-state index is -1.45. The molecule has 8 nitrogen and oxygen atoms in total. The number of esters is 1. The summed E-state index contributed by atoms with van der Waals surface area (Å²) in [5.41, 5.74) is -0.00710. The van der Waals surface area contributed by atoms with Gasteiger partial charge in [0.05, 0.1) is 46.0 Å². The Morgan fingerprint density at radius 1 is 0.789 bits per heavy atom. The van der Waals surface area contributed by atoms with E-state index in [-0.39, 0.29) is 12.2 Å². The molecule has 0 N–H and O–H groups in total.